The number of aryl methyl sites for hydroxylation is 1. The highest BCUT2D eigenvalue weighted by Crippen LogP contribution is 2.34. The van der Waals surface area contributed by atoms with Crippen LogP contribution in [0.1, 0.15) is 53.6 Å². The molecule has 2 rings (SSSR count). The fourth-order valence-electron chi connectivity index (χ4n) is 2.28. The van der Waals surface area contributed by atoms with Crippen LogP contribution in [-0.4, -0.2) is 6.54 Å². The van der Waals surface area contributed by atoms with E-state index in [-0.39, 0.29) is 6.04 Å². The van der Waals surface area contributed by atoms with Gasteiger partial charge in [-0.25, -0.2) is 0 Å². The van der Waals surface area contributed by atoms with E-state index in [1.807, 2.05) is 11.3 Å². The average molecular weight is 352 g/mol. The molecule has 1 aromatic heterocycles. The standard InChI is InChI=1S/C17H22BrNS/c1-5-19-17(16-10-15(18)12(4)20-16)14-8-6-13(7-9-14)11(2)3/h6-11,17,19H,5H2,1-4H3. The molecule has 1 atom stereocenters. The normalized spacial score (nSPS) is 12.9. The third-order valence-electron chi connectivity index (χ3n) is 3.51. The number of hydrogen-bond acceptors (Lipinski definition) is 2. The summed E-state index contributed by atoms with van der Waals surface area (Å²) < 4.78 is 1.21. The highest BCUT2D eigenvalue weighted by Gasteiger charge is 2.16. The SMILES string of the molecule is CCNC(c1ccc(C(C)C)cc1)c1cc(Br)c(C)s1. The van der Waals surface area contributed by atoms with Crippen LogP contribution >= 0.6 is 27.3 Å². The van der Waals surface area contributed by atoms with E-state index in [2.05, 4.69) is 79.3 Å². The Balaban J connectivity index is 2.32. The van der Waals surface area contributed by atoms with Gasteiger partial charge in [-0.1, -0.05) is 45.0 Å². The van der Waals surface area contributed by atoms with E-state index in [4.69, 9.17) is 0 Å². The highest BCUT2D eigenvalue weighted by atomic mass is 79.9. The molecule has 0 radical (unpaired) electrons. The summed E-state index contributed by atoms with van der Waals surface area (Å²) in [6.07, 6.45) is 0. The number of nitrogens with one attached hydrogen (secondary N) is 1. The van der Waals surface area contributed by atoms with Crippen molar-refractivity contribution in [3.63, 3.8) is 0 Å². The van der Waals surface area contributed by atoms with Crippen molar-refractivity contribution in [3.05, 3.63) is 55.7 Å². The quantitative estimate of drug-likeness (QED) is 0.734. The monoisotopic (exact) mass is 351 g/mol. The second-order valence-corrected chi connectivity index (χ2v) is 7.51. The Bertz CT molecular complexity index is 537. The van der Waals surface area contributed by atoms with Crippen LogP contribution in [0.5, 0.6) is 0 Å². The molecule has 0 spiro atoms. The fourth-order valence-corrected chi connectivity index (χ4v) is 3.95. The fraction of sp³-hybridized carbons (Fsp3) is 0.412. The molecule has 0 bridgehead atoms. The minimum atomic E-state index is 0.288. The summed E-state index contributed by atoms with van der Waals surface area (Å²) >= 11 is 5.48. The zero-order chi connectivity index (χ0) is 14.7. The topological polar surface area (TPSA) is 12.0 Å². The van der Waals surface area contributed by atoms with Crippen LogP contribution in [0, 0.1) is 6.92 Å². The number of halogens is 1. The lowest BCUT2D eigenvalue weighted by Gasteiger charge is -2.18. The molecule has 0 fully saturated rings. The molecule has 1 heterocycles. The molecule has 0 aliphatic carbocycles. The van der Waals surface area contributed by atoms with Gasteiger partial charge in [0, 0.05) is 14.2 Å². The molecule has 1 N–H and O–H groups in total. The van der Waals surface area contributed by atoms with Crippen molar-refractivity contribution in [2.75, 3.05) is 6.54 Å². The molecule has 1 nitrogen and oxygen atoms in total. The minimum absolute atomic E-state index is 0.288. The van der Waals surface area contributed by atoms with Gasteiger partial charge >= 0.3 is 0 Å². The van der Waals surface area contributed by atoms with Crippen molar-refractivity contribution in [1.82, 2.24) is 5.32 Å². The molecule has 3 heteroatoms. The predicted molar refractivity (Wildman–Crippen MR) is 92.8 cm³/mol. The molecule has 20 heavy (non-hydrogen) atoms. The molecule has 0 aliphatic heterocycles. The Morgan fingerprint density at radius 2 is 1.75 bits per heavy atom. The molecule has 0 saturated carbocycles. The Labute approximate surface area is 134 Å². The van der Waals surface area contributed by atoms with Crippen molar-refractivity contribution in [1.29, 1.82) is 0 Å². The lowest BCUT2D eigenvalue weighted by atomic mass is 9.98. The van der Waals surface area contributed by atoms with Crippen LogP contribution in [0.2, 0.25) is 0 Å². The Kier molecular flexibility index (Phi) is 5.42. The highest BCUT2D eigenvalue weighted by molar-refractivity contribution is 9.10. The molecule has 2 aromatic rings. The summed E-state index contributed by atoms with van der Waals surface area (Å²) in [6.45, 7) is 9.74. The van der Waals surface area contributed by atoms with Crippen LogP contribution < -0.4 is 5.32 Å². The molecule has 0 aliphatic rings. The van der Waals surface area contributed by atoms with Crippen LogP contribution in [0.15, 0.2) is 34.8 Å². The summed E-state index contributed by atoms with van der Waals surface area (Å²) in [7, 11) is 0. The van der Waals surface area contributed by atoms with E-state index < -0.39 is 0 Å². The van der Waals surface area contributed by atoms with Gasteiger partial charge in [0.1, 0.15) is 0 Å². The third-order valence-corrected chi connectivity index (χ3v) is 5.71. The van der Waals surface area contributed by atoms with Gasteiger partial charge in [-0.15, -0.1) is 11.3 Å². The largest absolute Gasteiger partial charge is 0.306 e. The Hall–Kier alpha value is -0.640. The third kappa shape index (κ3) is 3.51. The average Bonchev–Trinajstić information content (AvgIpc) is 2.76. The first kappa shape index (κ1) is 15.7. The van der Waals surface area contributed by atoms with E-state index in [0.717, 1.165) is 6.54 Å². The van der Waals surface area contributed by atoms with E-state index in [1.165, 1.54) is 25.4 Å². The summed E-state index contributed by atoms with van der Waals surface area (Å²) in [5, 5.41) is 3.59. The van der Waals surface area contributed by atoms with Gasteiger partial charge in [0.25, 0.3) is 0 Å². The van der Waals surface area contributed by atoms with E-state index in [0.29, 0.717) is 5.92 Å². The van der Waals surface area contributed by atoms with Gasteiger partial charge in [-0.3, -0.25) is 0 Å². The molecule has 1 aromatic carbocycles. The summed E-state index contributed by atoms with van der Waals surface area (Å²) in [4.78, 5) is 2.70. The number of hydrogen-bond donors (Lipinski definition) is 1. The lowest BCUT2D eigenvalue weighted by Crippen LogP contribution is -2.21. The van der Waals surface area contributed by atoms with Crippen LogP contribution in [0.4, 0.5) is 0 Å². The van der Waals surface area contributed by atoms with Gasteiger partial charge in [0.05, 0.1) is 6.04 Å². The van der Waals surface area contributed by atoms with Crippen molar-refractivity contribution in [2.45, 2.75) is 39.7 Å². The first-order valence-corrected chi connectivity index (χ1v) is 8.73. The molecule has 108 valence electrons. The zero-order valence-corrected chi connectivity index (χ0v) is 14.9. The van der Waals surface area contributed by atoms with Crippen LogP contribution in [-0.2, 0) is 0 Å². The maximum Gasteiger partial charge on any atom is 0.0671 e. The molecule has 1 unspecified atom stereocenters. The van der Waals surface area contributed by atoms with Crippen LogP contribution in [0.3, 0.4) is 0 Å². The zero-order valence-electron chi connectivity index (χ0n) is 12.5. The molecule has 0 amide bonds. The Morgan fingerprint density at radius 3 is 2.20 bits per heavy atom. The second kappa shape index (κ2) is 6.88. The minimum Gasteiger partial charge on any atom is -0.306 e. The number of thiophene rings is 1. The summed E-state index contributed by atoms with van der Waals surface area (Å²) in [5.74, 6) is 0.583. The summed E-state index contributed by atoms with van der Waals surface area (Å²) in [5.41, 5.74) is 2.73. The number of benzene rings is 1. The maximum absolute atomic E-state index is 3.62. The molecular weight excluding hydrogens is 330 g/mol. The number of rotatable bonds is 5. The van der Waals surface area contributed by atoms with Gasteiger partial charge in [-0.05, 0) is 52.5 Å². The lowest BCUT2D eigenvalue weighted by molar-refractivity contribution is 0.639. The molecular formula is C17H22BrNS. The van der Waals surface area contributed by atoms with Gasteiger partial charge < -0.3 is 5.32 Å². The van der Waals surface area contributed by atoms with E-state index in [1.54, 1.807) is 0 Å². The first-order chi connectivity index (χ1) is 9.52. The van der Waals surface area contributed by atoms with Crippen molar-refractivity contribution >= 4 is 27.3 Å². The Morgan fingerprint density at radius 1 is 1.15 bits per heavy atom. The van der Waals surface area contributed by atoms with Gasteiger partial charge in [-0.2, -0.15) is 0 Å². The van der Waals surface area contributed by atoms with Crippen LogP contribution in [0.25, 0.3) is 0 Å². The van der Waals surface area contributed by atoms with E-state index >= 15 is 0 Å². The van der Waals surface area contributed by atoms with Gasteiger partial charge in [0.15, 0.2) is 0 Å². The second-order valence-electron chi connectivity index (χ2n) is 5.36. The predicted octanol–water partition coefficient (Wildman–Crippen LogP) is 5.64. The van der Waals surface area contributed by atoms with Crippen molar-refractivity contribution in [2.24, 2.45) is 0 Å². The molecule has 0 saturated heterocycles. The maximum atomic E-state index is 3.62. The van der Waals surface area contributed by atoms with E-state index in [9.17, 15) is 0 Å². The van der Waals surface area contributed by atoms with Crippen molar-refractivity contribution < 1.29 is 0 Å². The first-order valence-electron chi connectivity index (χ1n) is 7.12. The smallest absolute Gasteiger partial charge is 0.0671 e. The van der Waals surface area contributed by atoms with Gasteiger partial charge in [0.2, 0.25) is 0 Å². The van der Waals surface area contributed by atoms with Crippen molar-refractivity contribution in [3.8, 4) is 0 Å². The summed E-state index contributed by atoms with van der Waals surface area (Å²) in [6, 6.07) is 11.5.